The number of hydrogen-bond acceptors (Lipinski definition) is 6. The van der Waals surface area contributed by atoms with Gasteiger partial charge in [-0.1, -0.05) is 48.0 Å². The summed E-state index contributed by atoms with van der Waals surface area (Å²) in [4.78, 5) is 24.5. The van der Waals surface area contributed by atoms with Gasteiger partial charge in [-0.2, -0.15) is 5.10 Å². The van der Waals surface area contributed by atoms with E-state index in [1.807, 2.05) is 32.0 Å². The Morgan fingerprint density at radius 1 is 1.22 bits per heavy atom. The van der Waals surface area contributed by atoms with Gasteiger partial charge in [-0.15, -0.1) is 0 Å². The van der Waals surface area contributed by atoms with E-state index < -0.39 is 17.9 Å². The molecule has 10 heteroatoms. The predicted molar refractivity (Wildman–Crippen MR) is 102 cm³/mol. The van der Waals surface area contributed by atoms with E-state index in [4.69, 9.17) is 0 Å². The van der Waals surface area contributed by atoms with Gasteiger partial charge in [-0.3, -0.25) is 25.9 Å². The Bertz CT molecular complexity index is 825. The number of alkyl halides is 1. The van der Waals surface area contributed by atoms with Gasteiger partial charge in [0.2, 0.25) is 0 Å². The first-order chi connectivity index (χ1) is 12.9. The molecule has 1 aliphatic heterocycles. The zero-order chi connectivity index (χ0) is 19.6. The summed E-state index contributed by atoms with van der Waals surface area (Å²) in [5.41, 5.74) is 11.1. The Morgan fingerprint density at radius 2 is 1.93 bits per heavy atom. The Hall–Kier alpha value is -2.43. The average molecular weight is 437 g/mol. The number of hydrazine groups is 2. The van der Waals surface area contributed by atoms with E-state index in [0.717, 1.165) is 0 Å². The smallest absolute Gasteiger partial charge is 0.294 e. The quantitative estimate of drug-likeness (QED) is 0.353. The second-order valence-electron chi connectivity index (χ2n) is 6.57. The first kappa shape index (κ1) is 19.3. The number of halogens is 1. The first-order valence-electron chi connectivity index (χ1n) is 8.48. The van der Waals surface area contributed by atoms with Crippen LogP contribution in [0.4, 0.5) is 0 Å². The molecular weight excluding hydrogens is 416 g/mol. The number of carbonyl (C=O) groups is 2. The summed E-state index contributed by atoms with van der Waals surface area (Å²) in [6, 6.07) is 8.57. The minimum absolute atomic E-state index is 0.0714. The lowest BCUT2D eigenvalue weighted by molar-refractivity contribution is -0.123. The summed E-state index contributed by atoms with van der Waals surface area (Å²) in [7, 11) is 0. The lowest BCUT2D eigenvalue weighted by atomic mass is 9.99. The van der Waals surface area contributed by atoms with Crippen molar-refractivity contribution in [1.82, 2.24) is 31.5 Å². The van der Waals surface area contributed by atoms with Crippen LogP contribution in [0.15, 0.2) is 36.5 Å². The van der Waals surface area contributed by atoms with Crippen molar-refractivity contribution in [3.63, 3.8) is 0 Å². The van der Waals surface area contributed by atoms with Crippen molar-refractivity contribution in [2.75, 3.05) is 0 Å². The Kier molecular flexibility index (Phi) is 5.78. The fraction of sp³-hybridized carbons (Fsp3) is 0.353. The van der Waals surface area contributed by atoms with Crippen molar-refractivity contribution < 1.29 is 14.7 Å². The van der Waals surface area contributed by atoms with Crippen molar-refractivity contribution in [1.29, 1.82) is 0 Å². The van der Waals surface area contributed by atoms with Gasteiger partial charge in [-0.05, 0) is 18.1 Å². The zero-order valence-corrected chi connectivity index (χ0v) is 16.4. The Labute approximate surface area is 164 Å². The fourth-order valence-electron chi connectivity index (χ4n) is 2.79. The third-order valence-corrected chi connectivity index (χ3v) is 5.40. The summed E-state index contributed by atoms with van der Waals surface area (Å²) >= 11 is 3.51. The molecule has 2 aromatic rings. The molecule has 1 aromatic carbocycles. The highest BCUT2D eigenvalue weighted by Gasteiger charge is 2.39. The van der Waals surface area contributed by atoms with Crippen LogP contribution in [0.1, 0.15) is 24.3 Å². The minimum atomic E-state index is -0.715. The van der Waals surface area contributed by atoms with Gasteiger partial charge in [0.25, 0.3) is 11.8 Å². The largest absolute Gasteiger partial charge is 0.504 e. The van der Waals surface area contributed by atoms with E-state index in [9.17, 15) is 14.7 Å². The van der Waals surface area contributed by atoms with Gasteiger partial charge in [0.05, 0.1) is 16.7 Å². The first-order valence-corrected chi connectivity index (χ1v) is 9.39. The van der Waals surface area contributed by atoms with Crippen LogP contribution in [-0.2, 0) is 4.79 Å². The van der Waals surface area contributed by atoms with Crippen LogP contribution in [0.3, 0.4) is 0 Å². The summed E-state index contributed by atoms with van der Waals surface area (Å²) in [6.07, 6.45) is 1.33. The molecular formula is C17H21BrN6O3. The van der Waals surface area contributed by atoms with Crippen LogP contribution >= 0.6 is 15.9 Å². The highest BCUT2D eigenvalue weighted by Crippen LogP contribution is 2.21. The SMILES string of the molecule is CC(C)C1NNC(C(=O)NNC(=O)c2nn(-c3ccccc3)cc2O)C1Br. The molecule has 5 N–H and O–H groups in total. The second kappa shape index (κ2) is 8.07. The van der Waals surface area contributed by atoms with E-state index in [-0.39, 0.29) is 22.3 Å². The van der Waals surface area contributed by atoms with Gasteiger partial charge in [0.15, 0.2) is 11.4 Å². The lowest BCUT2D eigenvalue weighted by Crippen LogP contribution is -2.52. The number of aromatic nitrogens is 2. The number of amides is 2. The van der Waals surface area contributed by atoms with Crippen molar-refractivity contribution in [3.05, 3.63) is 42.2 Å². The highest BCUT2D eigenvalue weighted by molar-refractivity contribution is 9.09. The molecule has 3 atom stereocenters. The number of carbonyl (C=O) groups excluding carboxylic acids is 2. The average Bonchev–Trinajstić information content (AvgIpc) is 3.23. The van der Waals surface area contributed by atoms with Crippen molar-refractivity contribution in [2.24, 2.45) is 5.92 Å². The van der Waals surface area contributed by atoms with Gasteiger partial charge < -0.3 is 5.11 Å². The molecule has 0 aliphatic carbocycles. The molecule has 0 bridgehead atoms. The fourth-order valence-corrected chi connectivity index (χ4v) is 3.91. The van der Waals surface area contributed by atoms with Crippen molar-refractivity contribution in [2.45, 2.75) is 30.8 Å². The number of benzene rings is 1. The third-order valence-electron chi connectivity index (χ3n) is 4.30. The zero-order valence-electron chi connectivity index (χ0n) is 14.8. The van der Waals surface area contributed by atoms with Crippen LogP contribution in [0.5, 0.6) is 5.75 Å². The number of aromatic hydroxyl groups is 1. The molecule has 1 aromatic heterocycles. The van der Waals surface area contributed by atoms with Crippen molar-refractivity contribution >= 4 is 27.7 Å². The maximum atomic E-state index is 12.3. The van der Waals surface area contributed by atoms with Gasteiger partial charge in [-0.25, -0.2) is 10.1 Å². The molecule has 1 aliphatic rings. The van der Waals surface area contributed by atoms with Crippen LogP contribution in [0, 0.1) is 5.92 Å². The van der Waals surface area contributed by atoms with Crippen LogP contribution in [0.25, 0.3) is 5.69 Å². The maximum Gasteiger partial charge on any atom is 0.294 e. The number of para-hydroxylation sites is 1. The van der Waals surface area contributed by atoms with Crippen LogP contribution in [-0.4, -0.2) is 43.6 Å². The molecule has 0 spiro atoms. The predicted octanol–water partition coefficient (Wildman–Crippen LogP) is 0.603. The molecule has 0 saturated carbocycles. The van der Waals surface area contributed by atoms with E-state index in [0.29, 0.717) is 11.6 Å². The van der Waals surface area contributed by atoms with Gasteiger partial charge in [0, 0.05) is 6.04 Å². The minimum Gasteiger partial charge on any atom is -0.504 e. The monoisotopic (exact) mass is 436 g/mol. The van der Waals surface area contributed by atoms with Gasteiger partial charge >= 0.3 is 0 Å². The van der Waals surface area contributed by atoms with E-state index >= 15 is 0 Å². The summed E-state index contributed by atoms with van der Waals surface area (Å²) in [5, 5.41) is 14.1. The second-order valence-corrected chi connectivity index (χ2v) is 7.62. The molecule has 2 amide bonds. The van der Waals surface area contributed by atoms with Crippen molar-refractivity contribution in [3.8, 4) is 11.4 Å². The molecule has 2 heterocycles. The standard InChI is InChI=1S/C17H21BrN6O3/c1-9(2)13-12(18)15(20-19-13)17(27)22-21-16(26)14-11(25)8-24(23-14)10-6-4-3-5-7-10/h3-9,12-13,15,19-20,25H,1-2H3,(H,21,26)(H,22,27). The van der Waals surface area contributed by atoms with E-state index in [1.54, 1.807) is 12.1 Å². The van der Waals surface area contributed by atoms with Crippen LogP contribution in [0.2, 0.25) is 0 Å². The molecule has 144 valence electrons. The number of rotatable bonds is 4. The molecule has 9 nitrogen and oxygen atoms in total. The number of hydrogen-bond donors (Lipinski definition) is 5. The van der Waals surface area contributed by atoms with Crippen LogP contribution < -0.4 is 21.7 Å². The molecule has 27 heavy (non-hydrogen) atoms. The highest BCUT2D eigenvalue weighted by atomic mass is 79.9. The molecule has 0 radical (unpaired) electrons. The molecule has 1 saturated heterocycles. The molecule has 3 unspecified atom stereocenters. The number of nitrogens with one attached hydrogen (secondary N) is 4. The summed E-state index contributed by atoms with van der Waals surface area (Å²) in [5.74, 6) is -1.10. The van der Waals surface area contributed by atoms with Gasteiger partial charge in [0.1, 0.15) is 6.04 Å². The maximum absolute atomic E-state index is 12.3. The Balaban J connectivity index is 1.62. The lowest BCUT2D eigenvalue weighted by Gasteiger charge is -2.19. The normalized spacial score (nSPS) is 22.0. The summed E-state index contributed by atoms with van der Waals surface area (Å²) < 4.78 is 1.39. The van der Waals surface area contributed by atoms with E-state index in [2.05, 4.69) is 42.7 Å². The summed E-state index contributed by atoms with van der Waals surface area (Å²) in [6.45, 7) is 4.09. The topological polar surface area (TPSA) is 120 Å². The number of nitrogens with zero attached hydrogens (tertiary/aromatic N) is 2. The third kappa shape index (κ3) is 4.12. The van der Waals surface area contributed by atoms with E-state index in [1.165, 1.54) is 10.9 Å². The Morgan fingerprint density at radius 3 is 2.56 bits per heavy atom. The molecule has 1 fully saturated rings. The molecule has 3 rings (SSSR count).